The third-order valence-corrected chi connectivity index (χ3v) is 2.64. The van der Waals surface area contributed by atoms with Crippen LogP contribution in [-0.2, 0) is 4.79 Å². The summed E-state index contributed by atoms with van der Waals surface area (Å²) in [7, 11) is 1.52. The number of carboxylic acids is 1. The van der Waals surface area contributed by atoms with E-state index in [9.17, 15) is 9.59 Å². The van der Waals surface area contributed by atoms with Gasteiger partial charge in [0.05, 0.1) is 0 Å². The van der Waals surface area contributed by atoms with Crippen LogP contribution in [0.5, 0.6) is 0 Å². The van der Waals surface area contributed by atoms with Gasteiger partial charge in [-0.15, -0.1) is 0 Å². The Morgan fingerprint density at radius 2 is 1.71 bits per heavy atom. The first-order chi connectivity index (χ1) is 7.95. The quantitative estimate of drug-likeness (QED) is 0.866. The molecule has 0 radical (unpaired) electrons. The Bertz CT molecular complexity index is 400. The number of carboxylic acid groups (broad SMARTS) is 1. The molecule has 1 unspecified atom stereocenters. The molecule has 0 saturated carbocycles. The molecule has 0 aromatic heterocycles. The number of carbonyl (C=O) groups is 2. The van der Waals surface area contributed by atoms with E-state index >= 15 is 0 Å². The number of likely N-dealkylation sites (N-methyl/N-ethyl adjacent to an activating group) is 1. The number of nitrogens with zero attached hydrogens (tertiary/aromatic N) is 1. The zero-order chi connectivity index (χ0) is 13.0. The molecule has 1 atom stereocenters. The summed E-state index contributed by atoms with van der Waals surface area (Å²) in [5.74, 6) is -1.39. The maximum atomic E-state index is 12.1. The summed E-state index contributed by atoms with van der Waals surface area (Å²) >= 11 is 0. The monoisotopic (exact) mass is 235 g/mol. The van der Waals surface area contributed by atoms with Crippen LogP contribution < -0.4 is 0 Å². The van der Waals surface area contributed by atoms with Crippen molar-refractivity contribution < 1.29 is 14.7 Å². The second-order valence-electron chi connectivity index (χ2n) is 4.31. The Kier molecular flexibility index (Phi) is 4.26. The lowest BCUT2D eigenvalue weighted by Crippen LogP contribution is -2.45. The highest BCUT2D eigenvalue weighted by molar-refractivity contribution is 5.96. The molecule has 0 heterocycles. The molecule has 1 aromatic carbocycles. The minimum absolute atomic E-state index is 0.134. The van der Waals surface area contributed by atoms with Crippen molar-refractivity contribution in [3.8, 4) is 0 Å². The van der Waals surface area contributed by atoms with Gasteiger partial charge in [-0.25, -0.2) is 4.79 Å². The van der Waals surface area contributed by atoms with Gasteiger partial charge in [-0.3, -0.25) is 4.79 Å². The van der Waals surface area contributed by atoms with E-state index in [4.69, 9.17) is 5.11 Å². The van der Waals surface area contributed by atoms with Crippen LogP contribution in [0, 0.1) is 5.92 Å². The van der Waals surface area contributed by atoms with Crippen molar-refractivity contribution in [1.29, 1.82) is 0 Å². The highest BCUT2D eigenvalue weighted by atomic mass is 16.4. The van der Waals surface area contributed by atoms with E-state index in [0.29, 0.717) is 5.56 Å². The molecule has 1 N–H and O–H groups in total. The van der Waals surface area contributed by atoms with Crippen molar-refractivity contribution in [2.75, 3.05) is 7.05 Å². The molecule has 0 aliphatic heterocycles. The molecule has 0 fully saturated rings. The van der Waals surface area contributed by atoms with Gasteiger partial charge in [0.25, 0.3) is 5.91 Å². The molecule has 4 heteroatoms. The maximum Gasteiger partial charge on any atom is 0.326 e. The largest absolute Gasteiger partial charge is 0.480 e. The lowest BCUT2D eigenvalue weighted by molar-refractivity contribution is -0.143. The number of hydrogen-bond acceptors (Lipinski definition) is 2. The highest BCUT2D eigenvalue weighted by Gasteiger charge is 2.29. The Morgan fingerprint density at radius 3 is 2.12 bits per heavy atom. The number of hydrogen-bond donors (Lipinski definition) is 1. The van der Waals surface area contributed by atoms with Crippen molar-refractivity contribution in [2.24, 2.45) is 5.92 Å². The van der Waals surface area contributed by atoms with E-state index in [2.05, 4.69) is 0 Å². The van der Waals surface area contributed by atoms with Gasteiger partial charge in [-0.2, -0.15) is 0 Å². The normalized spacial score (nSPS) is 12.2. The van der Waals surface area contributed by atoms with Gasteiger partial charge < -0.3 is 10.0 Å². The van der Waals surface area contributed by atoms with Crippen LogP contribution in [0.1, 0.15) is 24.2 Å². The summed E-state index contributed by atoms with van der Waals surface area (Å²) < 4.78 is 0. The summed E-state index contributed by atoms with van der Waals surface area (Å²) in [6, 6.07) is 7.88. The Hall–Kier alpha value is -1.84. The van der Waals surface area contributed by atoms with Gasteiger partial charge in [-0.05, 0) is 18.1 Å². The standard InChI is InChI=1S/C13H17NO3/c1-9(2)11(13(16)17)14(3)12(15)10-7-5-4-6-8-10/h4-9,11H,1-3H3,(H,16,17). The van der Waals surface area contributed by atoms with Gasteiger partial charge in [0.1, 0.15) is 6.04 Å². The first kappa shape index (κ1) is 13.2. The Balaban J connectivity index is 2.92. The van der Waals surface area contributed by atoms with Crippen LogP contribution >= 0.6 is 0 Å². The first-order valence-corrected chi connectivity index (χ1v) is 5.50. The SMILES string of the molecule is CC(C)C(C(=O)O)N(C)C(=O)c1ccccc1. The molecule has 0 saturated heterocycles. The number of carbonyl (C=O) groups excluding carboxylic acids is 1. The molecule has 1 rings (SSSR count). The zero-order valence-electron chi connectivity index (χ0n) is 10.3. The van der Waals surface area contributed by atoms with Gasteiger partial charge in [0.2, 0.25) is 0 Å². The molecule has 0 spiro atoms. The molecule has 17 heavy (non-hydrogen) atoms. The van der Waals surface area contributed by atoms with E-state index in [1.54, 1.807) is 38.1 Å². The smallest absolute Gasteiger partial charge is 0.326 e. The van der Waals surface area contributed by atoms with Crippen LogP contribution in [0.25, 0.3) is 0 Å². The van der Waals surface area contributed by atoms with Gasteiger partial charge in [0.15, 0.2) is 0 Å². The van der Waals surface area contributed by atoms with Crippen LogP contribution in [0.4, 0.5) is 0 Å². The zero-order valence-corrected chi connectivity index (χ0v) is 10.3. The summed E-state index contributed by atoms with van der Waals surface area (Å²) in [4.78, 5) is 24.5. The molecule has 0 aliphatic carbocycles. The predicted molar refractivity (Wildman–Crippen MR) is 64.8 cm³/mol. The van der Waals surface area contributed by atoms with E-state index in [0.717, 1.165) is 0 Å². The van der Waals surface area contributed by atoms with E-state index in [1.807, 2.05) is 6.07 Å². The van der Waals surface area contributed by atoms with Crippen molar-refractivity contribution >= 4 is 11.9 Å². The summed E-state index contributed by atoms with van der Waals surface area (Å²) in [5, 5.41) is 9.12. The molecule has 0 aliphatic rings. The van der Waals surface area contributed by atoms with Crippen molar-refractivity contribution in [3.63, 3.8) is 0 Å². The number of amides is 1. The number of aliphatic carboxylic acids is 1. The molecular formula is C13H17NO3. The first-order valence-electron chi connectivity index (χ1n) is 5.50. The van der Waals surface area contributed by atoms with Gasteiger partial charge >= 0.3 is 5.97 Å². The van der Waals surface area contributed by atoms with E-state index < -0.39 is 12.0 Å². The fourth-order valence-corrected chi connectivity index (χ4v) is 1.81. The maximum absolute atomic E-state index is 12.1. The number of rotatable bonds is 4. The second kappa shape index (κ2) is 5.48. The topological polar surface area (TPSA) is 57.6 Å². The Morgan fingerprint density at radius 1 is 1.18 bits per heavy atom. The lowest BCUT2D eigenvalue weighted by Gasteiger charge is -2.27. The highest BCUT2D eigenvalue weighted by Crippen LogP contribution is 2.13. The number of benzene rings is 1. The Labute approximate surface area is 101 Å². The summed E-state index contributed by atoms with van der Waals surface area (Å²) in [6.07, 6.45) is 0. The van der Waals surface area contributed by atoms with Crippen LogP contribution in [0.3, 0.4) is 0 Å². The second-order valence-corrected chi connectivity index (χ2v) is 4.31. The summed E-state index contributed by atoms with van der Waals surface area (Å²) in [6.45, 7) is 3.57. The molecule has 1 aromatic rings. The van der Waals surface area contributed by atoms with Crippen molar-refractivity contribution in [1.82, 2.24) is 4.90 Å². The van der Waals surface area contributed by atoms with Crippen LogP contribution in [-0.4, -0.2) is 35.0 Å². The van der Waals surface area contributed by atoms with E-state index in [1.165, 1.54) is 11.9 Å². The third-order valence-electron chi connectivity index (χ3n) is 2.64. The fraction of sp³-hybridized carbons (Fsp3) is 0.385. The van der Waals surface area contributed by atoms with Crippen LogP contribution in [0.2, 0.25) is 0 Å². The van der Waals surface area contributed by atoms with Crippen LogP contribution in [0.15, 0.2) is 30.3 Å². The van der Waals surface area contributed by atoms with Gasteiger partial charge in [0, 0.05) is 12.6 Å². The molecule has 92 valence electrons. The molecule has 4 nitrogen and oxygen atoms in total. The molecule has 0 bridgehead atoms. The van der Waals surface area contributed by atoms with Gasteiger partial charge in [-0.1, -0.05) is 32.0 Å². The minimum atomic E-state index is -0.980. The molecule has 1 amide bonds. The molecular weight excluding hydrogens is 218 g/mol. The van der Waals surface area contributed by atoms with Crippen molar-refractivity contribution in [2.45, 2.75) is 19.9 Å². The van der Waals surface area contributed by atoms with Crippen molar-refractivity contribution in [3.05, 3.63) is 35.9 Å². The minimum Gasteiger partial charge on any atom is -0.480 e. The average molecular weight is 235 g/mol. The fourth-order valence-electron chi connectivity index (χ4n) is 1.81. The van der Waals surface area contributed by atoms with E-state index in [-0.39, 0.29) is 11.8 Å². The lowest BCUT2D eigenvalue weighted by atomic mass is 10.0. The third kappa shape index (κ3) is 3.06. The summed E-state index contributed by atoms with van der Waals surface area (Å²) in [5.41, 5.74) is 0.502. The average Bonchev–Trinajstić information content (AvgIpc) is 2.28. The predicted octanol–water partition coefficient (Wildman–Crippen LogP) is 1.87.